The zero-order valence-electron chi connectivity index (χ0n) is 13.4. The Morgan fingerprint density at radius 1 is 1.19 bits per heavy atom. The van der Waals surface area contributed by atoms with Crippen molar-refractivity contribution in [2.24, 2.45) is 0 Å². The van der Waals surface area contributed by atoms with Crippen LogP contribution in [-0.4, -0.2) is 26.3 Å². The van der Waals surface area contributed by atoms with Crippen molar-refractivity contribution >= 4 is 11.8 Å². The van der Waals surface area contributed by atoms with Crippen LogP contribution in [0.1, 0.15) is 11.4 Å². The Bertz CT molecular complexity index is 913. The van der Waals surface area contributed by atoms with E-state index in [-0.39, 0.29) is 5.69 Å². The molecular weight excluding hydrogens is 372 g/mol. The number of pyridine rings is 1. The van der Waals surface area contributed by atoms with Gasteiger partial charge in [0.1, 0.15) is 0 Å². The van der Waals surface area contributed by atoms with Crippen LogP contribution in [0.15, 0.2) is 47.6 Å². The average Bonchev–Trinajstić information content (AvgIpc) is 3.03. The molecule has 0 aliphatic rings. The standard InChI is InChI=1S/C16H12F4N4OS/c1-10-6-13(4-5-21-10)26-9-11-8-24(23-22-11)12-2-3-15(14(17)7-12)25-16(18,19)20/h2-8H,9H2,1H3. The van der Waals surface area contributed by atoms with Gasteiger partial charge in [-0.05, 0) is 31.2 Å². The number of hydrogen-bond donors (Lipinski definition) is 0. The first-order valence-electron chi connectivity index (χ1n) is 7.32. The summed E-state index contributed by atoms with van der Waals surface area (Å²) in [5.74, 6) is -1.51. The Hall–Kier alpha value is -2.62. The predicted octanol–water partition coefficient (Wildman–Crippen LogP) is 4.30. The molecule has 3 aromatic rings. The highest BCUT2D eigenvalue weighted by atomic mass is 32.2. The van der Waals surface area contributed by atoms with Gasteiger partial charge in [-0.1, -0.05) is 5.21 Å². The lowest BCUT2D eigenvalue weighted by Gasteiger charge is -2.10. The zero-order chi connectivity index (χ0) is 18.7. The van der Waals surface area contributed by atoms with Crippen LogP contribution >= 0.6 is 11.8 Å². The van der Waals surface area contributed by atoms with E-state index in [2.05, 4.69) is 20.0 Å². The minimum atomic E-state index is -4.95. The molecule has 0 radical (unpaired) electrons. The number of nitrogens with zero attached hydrogens (tertiary/aromatic N) is 4. The monoisotopic (exact) mass is 384 g/mol. The third-order valence-corrected chi connectivity index (χ3v) is 4.23. The lowest BCUT2D eigenvalue weighted by molar-refractivity contribution is -0.275. The molecule has 0 unspecified atom stereocenters. The van der Waals surface area contributed by atoms with Crippen molar-refractivity contribution in [1.29, 1.82) is 0 Å². The van der Waals surface area contributed by atoms with Gasteiger partial charge in [0.25, 0.3) is 0 Å². The van der Waals surface area contributed by atoms with Gasteiger partial charge in [0.15, 0.2) is 11.6 Å². The van der Waals surface area contributed by atoms with Crippen LogP contribution in [0.5, 0.6) is 5.75 Å². The summed E-state index contributed by atoms with van der Waals surface area (Å²) in [6.07, 6.45) is -1.66. The second kappa shape index (κ2) is 7.32. The Kier molecular flexibility index (Phi) is 5.12. The topological polar surface area (TPSA) is 52.8 Å². The quantitative estimate of drug-likeness (QED) is 0.485. The van der Waals surface area contributed by atoms with Crippen LogP contribution in [0.4, 0.5) is 17.6 Å². The van der Waals surface area contributed by atoms with E-state index in [0.717, 1.165) is 22.7 Å². The lowest BCUT2D eigenvalue weighted by Crippen LogP contribution is -2.18. The summed E-state index contributed by atoms with van der Waals surface area (Å²) < 4.78 is 55.2. The van der Waals surface area contributed by atoms with Gasteiger partial charge in [0.2, 0.25) is 0 Å². The Morgan fingerprint density at radius 3 is 2.69 bits per heavy atom. The highest BCUT2D eigenvalue weighted by Crippen LogP contribution is 2.27. The van der Waals surface area contributed by atoms with Gasteiger partial charge in [-0.2, -0.15) is 0 Å². The van der Waals surface area contributed by atoms with Crippen LogP contribution < -0.4 is 4.74 Å². The number of rotatable bonds is 5. The van der Waals surface area contributed by atoms with E-state index >= 15 is 0 Å². The number of aryl methyl sites for hydroxylation is 1. The fourth-order valence-corrected chi connectivity index (χ4v) is 2.95. The zero-order valence-corrected chi connectivity index (χ0v) is 14.2. The minimum absolute atomic E-state index is 0.237. The molecular formula is C16H12F4N4OS. The second-order valence-corrected chi connectivity index (χ2v) is 6.29. The van der Waals surface area contributed by atoms with Gasteiger partial charge >= 0.3 is 6.36 Å². The summed E-state index contributed by atoms with van der Waals surface area (Å²) in [4.78, 5) is 5.13. The summed E-state index contributed by atoms with van der Waals surface area (Å²) in [7, 11) is 0. The second-order valence-electron chi connectivity index (χ2n) is 5.24. The Morgan fingerprint density at radius 2 is 2.00 bits per heavy atom. The van der Waals surface area contributed by atoms with Gasteiger partial charge < -0.3 is 4.74 Å². The van der Waals surface area contributed by atoms with Crippen LogP contribution in [-0.2, 0) is 5.75 Å². The van der Waals surface area contributed by atoms with Gasteiger partial charge in [-0.3, -0.25) is 4.98 Å². The number of thioether (sulfide) groups is 1. The van der Waals surface area contributed by atoms with Crippen molar-refractivity contribution in [3.8, 4) is 11.4 Å². The third kappa shape index (κ3) is 4.72. The molecule has 26 heavy (non-hydrogen) atoms. The fraction of sp³-hybridized carbons (Fsp3) is 0.188. The Labute approximate surface area is 150 Å². The number of halogens is 4. The van der Waals surface area contributed by atoms with Crippen molar-refractivity contribution in [3.63, 3.8) is 0 Å². The van der Waals surface area contributed by atoms with Crippen molar-refractivity contribution in [2.45, 2.75) is 23.9 Å². The molecule has 0 spiro atoms. The van der Waals surface area contributed by atoms with Gasteiger partial charge in [0.05, 0.1) is 17.6 Å². The van der Waals surface area contributed by atoms with Gasteiger partial charge in [-0.25, -0.2) is 9.07 Å². The molecule has 1 aromatic carbocycles. The number of aromatic nitrogens is 4. The summed E-state index contributed by atoms with van der Waals surface area (Å²) >= 11 is 1.53. The predicted molar refractivity (Wildman–Crippen MR) is 86.5 cm³/mol. The molecule has 3 rings (SSSR count). The Balaban J connectivity index is 1.70. The molecule has 0 amide bonds. The molecule has 0 aliphatic heterocycles. The first-order valence-corrected chi connectivity index (χ1v) is 8.31. The van der Waals surface area contributed by atoms with Crippen LogP contribution in [0, 0.1) is 12.7 Å². The summed E-state index contributed by atoms with van der Waals surface area (Å²) in [6.45, 7) is 1.89. The smallest absolute Gasteiger partial charge is 0.403 e. The number of ether oxygens (including phenoxy) is 1. The first-order chi connectivity index (χ1) is 12.3. The van der Waals surface area contributed by atoms with E-state index in [0.29, 0.717) is 11.4 Å². The van der Waals surface area contributed by atoms with Gasteiger partial charge in [0, 0.05) is 28.6 Å². The highest BCUT2D eigenvalue weighted by Gasteiger charge is 2.32. The lowest BCUT2D eigenvalue weighted by atomic mass is 10.3. The molecule has 0 N–H and O–H groups in total. The van der Waals surface area contributed by atoms with Crippen molar-refractivity contribution in [1.82, 2.24) is 20.0 Å². The maximum Gasteiger partial charge on any atom is 0.573 e. The normalized spacial score (nSPS) is 11.6. The van der Waals surface area contributed by atoms with E-state index in [4.69, 9.17) is 0 Å². The molecule has 0 atom stereocenters. The molecule has 0 aliphatic carbocycles. The van der Waals surface area contributed by atoms with Gasteiger partial charge in [-0.15, -0.1) is 30.0 Å². The number of benzene rings is 1. The largest absolute Gasteiger partial charge is 0.573 e. The average molecular weight is 384 g/mol. The minimum Gasteiger partial charge on any atom is -0.403 e. The van der Waals surface area contributed by atoms with E-state index in [9.17, 15) is 17.6 Å². The molecule has 0 bridgehead atoms. The molecule has 2 heterocycles. The summed E-state index contributed by atoms with van der Waals surface area (Å²) in [5, 5.41) is 7.86. The van der Waals surface area contributed by atoms with E-state index in [1.165, 1.54) is 22.5 Å². The van der Waals surface area contributed by atoms with Crippen LogP contribution in [0.25, 0.3) is 5.69 Å². The molecule has 5 nitrogen and oxygen atoms in total. The fourth-order valence-electron chi connectivity index (χ4n) is 2.10. The molecule has 0 fully saturated rings. The van der Waals surface area contributed by atoms with E-state index in [1.807, 2.05) is 19.1 Å². The number of alkyl halides is 3. The molecule has 0 saturated heterocycles. The highest BCUT2D eigenvalue weighted by molar-refractivity contribution is 7.98. The number of hydrogen-bond acceptors (Lipinski definition) is 5. The third-order valence-electron chi connectivity index (χ3n) is 3.20. The molecule has 10 heteroatoms. The molecule has 136 valence electrons. The summed E-state index contributed by atoms with van der Waals surface area (Å²) in [6, 6.07) is 6.87. The van der Waals surface area contributed by atoms with Crippen molar-refractivity contribution in [2.75, 3.05) is 0 Å². The van der Waals surface area contributed by atoms with E-state index < -0.39 is 17.9 Å². The summed E-state index contributed by atoms with van der Waals surface area (Å²) in [5.41, 5.74) is 1.77. The van der Waals surface area contributed by atoms with Crippen molar-refractivity contribution < 1.29 is 22.3 Å². The van der Waals surface area contributed by atoms with Crippen LogP contribution in [0.2, 0.25) is 0 Å². The SMILES string of the molecule is Cc1cc(SCc2cn(-c3ccc(OC(F)(F)F)c(F)c3)nn2)ccn1. The molecule has 0 saturated carbocycles. The van der Waals surface area contributed by atoms with Crippen LogP contribution in [0.3, 0.4) is 0 Å². The maximum atomic E-state index is 13.8. The van der Waals surface area contributed by atoms with Crippen molar-refractivity contribution in [3.05, 3.63) is 59.9 Å². The molecule has 2 aromatic heterocycles. The maximum absolute atomic E-state index is 13.8. The first kappa shape index (κ1) is 18.2. The van der Waals surface area contributed by atoms with E-state index in [1.54, 1.807) is 12.4 Å².